The van der Waals surface area contributed by atoms with Crippen LogP contribution in [0, 0.1) is 0 Å². The van der Waals surface area contributed by atoms with Gasteiger partial charge in [-0.15, -0.1) is 21.5 Å². The van der Waals surface area contributed by atoms with Gasteiger partial charge in [0.25, 0.3) is 5.89 Å². The highest BCUT2D eigenvalue weighted by Gasteiger charge is 2.28. The molecule has 0 aromatic carbocycles. The van der Waals surface area contributed by atoms with Crippen molar-refractivity contribution >= 4 is 23.3 Å². The van der Waals surface area contributed by atoms with Crippen LogP contribution in [0.4, 0.5) is 18.0 Å². The number of hydrogen-bond donors (Lipinski definition) is 2. The summed E-state index contributed by atoms with van der Waals surface area (Å²) in [6, 6.07) is 2.48. The fraction of sp³-hybridized carbons (Fsp3) is 0.467. The second kappa shape index (κ2) is 9.46. The Labute approximate surface area is 156 Å². The number of halogens is 3. The van der Waals surface area contributed by atoms with Crippen LogP contribution in [0.15, 0.2) is 21.9 Å². The number of thiophene rings is 1. The van der Waals surface area contributed by atoms with E-state index in [-0.39, 0.29) is 13.1 Å². The van der Waals surface area contributed by atoms with E-state index in [2.05, 4.69) is 10.2 Å². The summed E-state index contributed by atoms with van der Waals surface area (Å²) >= 11 is 1.44. The lowest BCUT2D eigenvalue weighted by atomic mass is 10.3. The average molecular weight is 405 g/mol. The minimum atomic E-state index is -4.55. The standard InChI is InChI=1S/C15H18F3N5O3S/c1-2-5-23(7-11(24)20-14(25)19-9-15(16,17)18)8-12-21-22-13(26-12)10-4-3-6-27-10/h3-4,6H,2,5,7-9H2,1H3,(H2,19,20,24,25). The van der Waals surface area contributed by atoms with E-state index in [1.54, 1.807) is 10.2 Å². The van der Waals surface area contributed by atoms with Crippen molar-refractivity contribution in [3.05, 3.63) is 23.4 Å². The molecule has 12 heteroatoms. The molecule has 0 aliphatic heterocycles. The number of rotatable bonds is 8. The molecular weight excluding hydrogens is 387 g/mol. The molecule has 27 heavy (non-hydrogen) atoms. The van der Waals surface area contributed by atoms with Gasteiger partial charge in [-0.05, 0) is 24.4 Å². The molecule has 0 atom stereocenters. The normalized spacial score (nSPS) is 11.6. The van der Waals surface area contributed by atoms with E-state index < -0.39 is 24.7 Å². The Morgan fingerprint density at radius 1 is 1.33 bits per heavy atom. The Balaban J connectivity index is 1.87. The molecular formula is C15H18F3N5O3S. The summed E-state index contributed by atoms with van der Waals surface area (Å²) in [6.07, 6.45) is -3.84. The fourth-order valence-electron chi connectivity index (χ4n) is 2.13. The lowest BCUT2D eigenvalue weighted by Gasteiger charge is -2.19. The molecule has 2 N–H and O–H groups in total. The number of nitrogens with one attached hydrogen (secondary N) is 2. The quantitative estimate of drug-likeness (QED) is 0.700. The third-order valence-electron chi connectivity index (χ3n) is 3.17. The summed E-state index contributed by atoms with van der Waals surface area (Å²) in [7, 11) is 0. The largest absolute Gasteiger partial charge is 0.419 e. The maximum absolute atomic E-state index is 12.1. The molecule has 3 amide bonds. The van der Waals surface area contributed by atoms with E-state index in [1.165, 1.54) is 11.3 Å². The van der Waals surface area contributed by atoms with Gasteiger partial charge in [0.15, 0.2) is 0 Å². The first-order valence-electron chi connectivity index (χ1n) is 8.00. The van der Waals surface area contributed by atoms with Crippen molar-refractivity contribution in [1.29, 1.82) is 0 Å². The Morgan fingerprint density at radius 2 is 2.11 bits per heavy atom. The summed E-state index contributed by atoms with van der Waals surface area (Å²) in [4.78, 5) is 25.7. The van der Waals surface area contributed by atoms with Crippen LogP contribution in [-0.2, 0) is 11.3 Å². The monoisotopic (exact) mass is 405 g/mol. The number of hydrogen-bond acceptors (Lipinski definition) is 7. The molecule has 0 saturated heterocycles. The molecule has 2 heterocycles. The lowest BCUT2D eigenvalue weighted by Crippen LogP contribution is -2.46. The summed E-state index contributed by atoms with van der Waals surface area (Å²) in [5.41, 5.74) is 0. The van der Waals surface area contributed by atoms with Gasteiger partial charge in [0.1, 0.15) is 6.54 Å². The van der Waals surface area contributed by atoms with Gasteiger partial charge in [-0.3, -0.25) is 15.0 Å². The molecule has 0 radical (unpaired) electrons. The zero-order valence-corrected chi connectivity index (χ0v) is 15.2. The molecule has 2 rings (SSSR count). The van der Waals surface area contributed by atoms with Crippen molar-refractivity contribution in [2.45, 2.75) is 26.1 Å². The number of nitrogens with zero attached hydrogens (tertiary/aromatic N) is 3. The first-order chi connectivity index (χ1) is 12.8. The van der Waals surface area contributed by atoms with Gasteiger partial charge in [0.05, 0.1) is 18.0 Å². The van der Waals surface area contributed by atoms with Crippen molar-refractivity contribution in [2.75, 3.05) is 19.6 Å². The Morgan fingerprint density at radius 3 is 2.74 bits per heavy atom. The van der Waals surface area contributed by atoms with Crippen molar-refractivity contribution in [2.24, 2.45) is 0 Å². The van der Waals surface area contributed by atoms with Gasteiger partial charge in [-0.25, -0.2) is 4.79 Å². The number of urea groups is 1. The lowest BCUT2D eigenvalue weighted by molar-refractivity contribution is -0.125. The maximum Gasteiger partial charge on any atom is 0.405 e. The topological polar surface area (TPSA) is 100 Å². The average Bonchev–Trinajstić information content (AvgIpc) is 3.23. The number of alkyl halides is 3. The molecule has 8 nitrogen and oxygen atoms in total. The molecule has 0 fully saturated rings. The van der Waals surface area contributed by atoms with E-state index in [0.29, 0.717) is 24.7 Å². The predicted octanol–water partition coefficient (Wildman–Crippen LogP) is 2.40. The van der Waals surface area contributed by atoms with Gasteiger partial charge in [-0.2, -0.15) is 13.2 Å². The Kier molecular flexibility index (Phi) is 7.30. The SMILES string of the molecule is CCCN(CC(=O)NC(=O)NCC(F)(F)F)Cc1nnc(-c2cccs2)o1. The maximum atomic E-state index is 12.1. The first kappa shape index (κ1) is 20.8. The first-order valence-corrected chi connectivity index (χ1v) is 8.88. The van der Waals surface area contributed by atoms with E-state index >= 15 is 0 Å². The van der Waals surface area contributed by atoms with Gasteiger partial charge >= 0.3 is 12.2 Å². The van der Waals surface area contributed by atoms with Crippen LogP contribution in [0.5, 0.6) is 0 Å². The summed E-state index contributed by atoms with van der Waals surface area (Å²) in [6.45, 7) is 0.839. The van der Waals surface area contributed by atoms with Crippen LogP contribution >= 0.6 is 11.3 Å². The predicted molar refractivity (Wildman–Crippen MR) is 90.8 cm³/mol. The number of imide groups is 1. The van der Waals surface area contributed by atoms with E-state index in [0.717, 1.165) is 4.88 Å². The van der Waals surface area contributed by atoms with E-state index in [1.807, 2.05) is 29.8 Å². The van der Waals surface area contributed by atoms with Crippen molar-refractivity contribution in [3.63, 3.8) is 0 Å². The molecule has 2 aromatic rings. The highest BCUT2D eigenvalue weighted by atomic mass is 32.1. The van der Waals surface area contributed by atoms with Crippen LogP contribution in [0.2, 0.25) is 0 Å². The molecule has 2 aromatic heterocycles. The second-order valence-electron chi connectivity index (χ2n) is 5.53. The van der Waals surface area contributed by atoms with Crippen LogP contribution in [0.3, 0.4) is 0 Å². The molecule has 0 aliphatic carbocycles. The highest BCUT2D eigenvalue weighted by molar-refractivity contribution is 7.13. The van der Waals surface area contributed by atoms with Crippen molar-refractivity contribution in [3.8, 4) is 10.8 Å². The second-order valence-corrected chi connectivity index (χ2v) is 6.48. The van der Waals surface area contributed by atoms with Crippen LogP contribution in [0.1, 0.15) is 19.2 Å². The molecule has 0 spiro atoms. The fourth-order valence-corrected chi connectivity index (χ4v) is 2.78. The zero-order valence-electron chi connectivity index (χ0n) is 14.4. The van der Waals surface area contributed by atoms with Gasteiger partial charge < -0.3 is 9.73 Å². The van der Waals surface area contributed by atoms with Crippen molar-refractivity contribution in [1.82, 2.24) is 25.7 Å². The van der Waals surface area contributed by atoms with Crippen LogP contribution in [0.25, 0.3) is 10.8 Å². The van der Waals surface area contributed by atoms with Crippen LogP contribution in [-0.4, -0.2) is 52.8 Å². The van der Waals surface area contributed by atoms with E-state index in [4.69, 9.17) is 4.42 Å². The molecule has 0 bridgehead atoms. The van der Waals surface area contributed by atoms with Gasteiger partial charge in [0.2, 0.25) is 11.8 Å². The smallest absolute Gasteiger partial charge is 0.405 e. The molecule has 0 aliphatic rings. The minimum Gasteiger partial charge on any atom is -0.419 e. The Bertz CT molecular complexity index is 748. The number of carbonyl (C=O) groups excluding carboxylic acids is 2. The molecule has 148 valence electrons. The minimum absolute atomic E-state index is 0.170. The third-order valence-corrected chi connectivity index (χ3v) is 4.02. The summed E-state index contributed by atoms with van der Waals surface area (Å²) in [5, 5.41) is 13.2. The highest BCUT2D eigenvalue weighted by Crippen LogP contribution is 2.23. The number of amides is 3. The Hall–Kier alpha value is -2.47. The zero-order chi connectivity index (χ0) is 19.9. The third kappa shape index (κ3) is 7.35. The van der Waals surface area contributed by atoms with Crippen LogP contribution < -0.4 is 10.6 Å². The molecule has 0 unspecified atom stereocenters. The number of aromatic nitrogens is 2. The summed E-state index contributed by atoms with van der Waals surface area (Å²) in [5.74, 6) is -0.0743. The summed E-state index contributed by atoms with van der Waals surface area (Å²) < 4.78 is 41.7. The van der Waals surface area contributed by atoms with Crippen molar-refractivity contribution < 1.29 is 27.2 Å². The van der Waals surface area contributed by atoms with Gasteiger partial charge in [0, 0.05) is 0 Å². The molecule has 0 saturated carbocycles. The van der Waals surface area contributed by atoms with Gasteiger partial charge in [-0.1, -0.05) is 13.0 Å². The number of carbonyl (C=O) groups is 2. The van der Waals surface area contributed by atoms with E-state index in [9.17, 15) is 22.8 Å².